The Morgan fingerprint density at radius 3 is 1.47 bits per heavy atom. The van der Waals surface area contributed by atoms with E-state index in [1.165, 1.54) is 0 Å². The average Bonchev–Trinajstić information content (AvgIpc) is 3.50. The first-order chi connectivity index (χ1) is 29.5. The molecule has 0 spiro atoms. The number of para-hydroxylation sites is 2. The number of carbonyl (C=O) groups excluding carboxylic acids is 4. The number of benzene rings is 2. The van der Waals surface area contributed by atoms with Crippen LogP contribution in [0.2, 0.25) is 0 Å². The molecular formula is C41H60N4O15. The third-order valence-corrected chi connectivity index (χ3v) is 8.78. The molecule has 1 unspecified atom stereocenters. The second-order valence-electron chi connectivity index (χ2n) is 13.1. The first kappa shape index (κ1) is 48.4. The zero-order valence-electron chi connectivity index (χ0n) is 34.2. The molecule has 2 aromatic rings. The highest BCUT2D eigenvalue weighted by atomic mass is 16.6. The summed E-state index contributed by atoms with van der Waals surface area (Å²) in [5.74, 6) is -1.52. The van der Waals surface area contributed by atoms with Gasteiger partial charge in [-0.3, -0.25) is 29.4 Å². The fraction of sp³-hybridized carbons (Fsp3) is 0.610. The molecular weight excluding hydrogens is 788 g/mol. The molecule has 0 aromatic heterocycles. The highest BCUT2D eigenvalue weighted by molar-refractivity contribution is 6.25. The summed E-state index contributed by atoms with van der Waals surface area (Å²) < 4.78 is 60.6. The van der Waals surface area contributed by atoms with Crippen molar-refractivity contribution in [2.45, 2.75) is 18.9 Å². The summed E-state index contributed by atoms with van der Waals surface area (Å²) >= 11 is 0. The van der Waals surface area contributed by atoms with Crippen LogP contribution in [0.3, 0.4) is 0 Å². The van der Waals surface area contributed by atoms with Crippen molar-refractivity contribution in [3.8, 4) is 5.75 Å². The van der Waals surface area contributed by atoms with Crippen molar-refractivity contribution in [1.82, 2.24) is 10.2 Å². The van der Waals surface area contributed by atoms with Crippen LogP contribution in [-0.2, 0) is 57.0 Å². The van der Waals surface area contributed by atoms with Gasteiger partial charge in [-0.15, -0.1) is 0 Å². The normalized spacial score (nSPS) is 15.1. The molecule has 19 heteroatoms. The molecule has 0 aliphatic carbocycles. The van der Waals surface area contributed by atoms with Gasteiger partial charge in [-0.25, -0.2) is 0 Å². The molecule has 0 saturated carbocycles. The first-order valence-corrected chi connectivity index (χ1v) is 20.3. The number of nitrogens with one attached hydrogen (secondary N) is 2. The predicted octanol–water partition coefficient (Wildman–Crippen LogP) is 1.33. The maximum Gasteiger partial charge on any atom is 0.264 e. The highest BCUT2D eigenvalue weighted by Gasteiger charge is 2.45. The minimum atomic E-state index is -1.01. The molecule has 4 rings (SSSR count). The number of piperidine rings is 1. The number of nitrogens with zero attached hydrogens (tertiary/aromatic N) is 1. The van der Waals surface area contributed by atoms with Crippen LogP contribution in [0.25, 0.3) is 0 Å². The van der Waals surface area contributed by atoms with Crippen LogP contribution in [0.15, 0.2) is 42.5 Å². The fourth-order valence-electron chi connectivity index (χ4n) is 5.82. The molecule has 0 bridgehead atoms. The lowest BCUT2D eigenvalue weighted by Gasteiger charge is -2.27. The van der Waals surface area contributed by atoms with E-state index >= 15 is 0 Å². The molecule has 2 aromatic carbocycles. The van der Waals surface area contributed by atoms with E-state index in [9.17, 15) is 19.2 Å². The zero-order valence-corrected chi connectivity index (χ0v) is 34.2. The Bertz CT molecular complexity index is 1570. The van der Waals surface area contributed by atoms with Gasteiger partial charge in [0.1, 0.15) is 18.4 Å². The zero-order chi connectivity index (χ0) is 42.5. The maximum atomic E-state index is 13.2. The number of rotatable bonds is 36. The fourth-order valence-corrected chi connectivity index (χ4v) is 5.82. The lowest BCUT2D eigenvalue weighted by molar-refractivity contribution is -0.136. The lowest BCUT2D eigenvalue weighted by Crippen LogP contribution is -2.54. The van der Waals surface area contributed by atoms with Gasteiger partial charge in [0.15, 0.2) is 0 Å². The SMILES string of the molecule is Nc1ccccc1OCCOCCOCCOCCOCCOCCOCCOCCOCCOCCOCCNc1cccc2c1C(=O)N(C1CCC(=O)NC1=O)C2=O. The Morgan fingerprint density at radius 2 is 1.00 bits per heavy atom. The summed E-state index contributed by atoms with van der Waals surface area (Å²) in [5.41, 5.74) is 7.33. The van der Waals surface area contributed by atoms with Gasteiger partial charge in [-0.1, -0.05) is 18.2 Å². The number of ether oxygens (including phenoxy) is 11. The Labute approximate surface area is 350 Å². The Kier molecular flexibility index (Phi) is 24.1. The predicted molar refractivity (Wildman–Crippen MR) is 216 cm³/mol. The number of amides is 4. The topological polar surface area (TPSA) is 223 Å². The smallest absolute Gasteiger partial charge is 0.264 e. The van der Waals surface area contributed by atoms with Crippen molar-refractivity contribution < 1.29 is 71.3 Å². The summed E-state index contributed by atoms with van der Waals surface area (Å²) in [4.78, 5) is 50.9. The number of nitrogen functional groups attached to an aromatic ring is 1. The number of imide groups is 2. The first-order valence-electron chi connectivity index (χ1n) is 20.3. The number of carbonyl (C=O) groups is 4. The van der Waals surface area contributed by atoms with E-state index in [0.717, 1.165) is 4.90 Å². The van der Waals surface area contributed by atoms with Crippen molar-refractivity contribution in [3.05, 3.63) is 53.6 Å². The molecule has 1 saturated heterocycles. The van der Waals surface area contributed by atoms with Crippen LogP contribution in [0, 0.1) is 0 Å². The summed E-state index contributed by atoms with van der Waals surface area (Å²) in [6.45, 7) is 9.75. The Morgan fingerprint density at radius 1 is 0.550 bits per heavy atom. The second kappa shape index (κ2) is 29.9. The van der Waals surface area contributed by atoms with E-state index < -0.39 is 29.7 Å². The molecule has 0 radical (unpaired) electrons. The maximum absolute atomic E-state index is 13.2. The minimum Gasteiger partial charge on any atom is -0.489 e. The molecule has 2 aliphatic heterocycles. The number of nitrogens with two attached hydrogens (primary N) is 1. The second-order valence-corrected chi connectivity index (χ2v) is 13.1. The highest BCUT2D eigenvalue weighted by Crippen LogP contribution is 2.32. The molecule has 334 valence electrons. The van der Waals surface area contributed by atoms with Crippen LogP contribution in [0.4, 0.5) is 11.4 Å². The molecule has 4 N–H and O–H groups in total. The number of fused-ring (bicyclic) bond motifs is 1. The minimum absolute atomic E-state index is 0.0635. The monoisotopic (exact) mass is 848 g/mol. The van der Waals surface area contributed by atoms with Crippen molar-refractivity contribution in [1.29, 1.82) is 0 Å². The molecule has 19 nitrogen and oxygen atoms in total. The van der Waals surface area contributed by atoms with E-state index in [-0.39, 0.29) is 24.0 Å². The summed E-state index contributed by atoms with van der Waals surface area (Å²) in [5, 5.41) is 5.33. The average molecular weight is 849 g/mol. The third-order valence-electron chi connectivity index (χ3n) is 8.78. The number of anilines is 2. The van der Waals surface area contributed by atoms with Crippen molar-refractivity contribution in [2.75, 3.05) is 156 Å². The quantitative estimate of drug-likeness (QED) is 0.0500. The van der Waals surface area contributed by atoms with Crippen LogP contribution < -0.4 is 21.1 Å². The summed E-state index contributed by atoms with van der Waals surface area (Å²) in [6, 6.07) is 11.2. The van der Waals surface area contributed by atoms with Gasteiger partial charge >= 0.3 is 0 Å². The van der Waals surface area contributed by atoms with Crippen LogP contribution >= 0.6 is 0 Å². The van der Waals surface area contributed by atoms with Gasteiger partial charge < -0.3 is 63.2 Å². The molecule has 60 heavy (non-hydrogen) atoms. The van der Waals surface area contributed by atoms with Crippen LogP contribution in [0.5, 0.6) is 5.75 Å². The van der Waals surface area contributed by atoms with Crippen LogP contribution in [-0.4, -0.2) is 180 Å². The van der Waals surface area contributed by atoms with E-state index in [1.807, 2.05) is 18.2 Å². The lowest BCUT2D eigenvalue weighted by atomic mass is 10.0. The third kappa shape index (κ3) is 18.1. The van der Waals surface area contributed by atoms with Gasteiger partial charge in [0.2, 0.25) is 11.8 Å². The van der Waals surface area contributed by atoms with Crippen molar-refractivity contribution >= 4 is 35.0 Å². The van der Waals surface area contributed by atoms with E-state index in [0.29, 0.717) is 162 Å². The number of hydrogen-bond acceptors (Lipinski definition) is 17. The standard InChI is InChI=1S/C41H60N4O15/c42-33-5-1-2-7-36(33)60-31-30-59-29-28-58-27-26-57-25-24-56-23-22-55-21-20-54-19-18-53-17-16-52-15-14-51-13-12-50-11-10-43-34-6-3-4-32-38(34)41(49)45(40(32)48)35-8-9-37(46)44-39(35)47/h1-7,35,43H,8-31,42H2,(H,44,46,47). The van der Waals surface area contributed by atoms with Crippen LogP contribution in [0.1, 0.15) is 33.6 Å². The summed E-state index contributed by atoms with van der Waals surface area (Å²) in [7, 11) is 0. The van der Waals surface area contributed by atoms with E-state index in [4.69, 9.17) is 57.8 Å². The molecule has 1 fully saturated rings. The molecule has 1 atom stereocenters. The Hall–Kier alpha value is -4.28. The van der Waals surface area contributed by atoms with E-state index in [2.05, 4.69) is 10.6 Å². The van der Waals surface area contributed by atoms with Gasteiger partial charge in [0, 0.05) is 18.7 Å². The van der Waals surface area contributed by atoms with Crippen molar-refractivity contribution in [2.24, 2.45) is 0 Å². The molecule has 2 aliphatic rings. The Balaban J connectivity index is 0.816. The van der Waals surface area contributed by atoms with Crippen molar-refractivity contribution in [3.63, 3.8) is 0 Å². The van der Waals surface area contributed by atoms with Gasteiger partial charge in [0.25, 0.3) is 11.8 Å². The summed E-state index contributed by atoms with van der Waals surface area (Å²) in [6.07, 6.45) is 0.165. The van der Waals surface area contributed by atoms with Gasteiger partial charge in [-0.2, -0.15) is 0 Å². The largest absolute Gasteiger partial charge is 0.489 e. The molecule has 4 amide bonds. The van der Waals surface area contributed by atoms with Gasteiger partial charge in [-0.05, 0) is 30.7 Å². The van der Waals surface area contributed by atoms with Gasteiger partial charge in [0.05, 0.1) is 149 Å². The van der Waals surface area contributed by atoms with E-state index in [1.54, 1.807) is 24.3 Å². The number of hydrogen-bond donors (Lipinski definition) is 3. The molecule has 2 heterocycles.